The number of carboxylic acid groups (broad SMARTS) is 1. The number of carbonyl (C=O) groups is 1. The highest BCUT2D eigenvalue weighted by molar-refractivity contribution is 7.89. The van der Waals surface area contributed by atoms with Gasteiger partial charge in [-0.1, -0.05) is 0 Å². The summed E-state index contributed by atoms with van der Waals surface area (Å²) < 4.78 is 25.0. The van der Waals surface area contributed by atoms with Crippen molar-refractivity contribution in [3.63, 3.8) is 0 Å². The molecule has 1 aromatic rings. The first-order chi connectivity index (χ1) is 9.67. The van der Waals surface area contributed by atoms with Gasteiger partial charge in [0.2, 0.25) is 10.0 Å². The van der Waals surface area contributed by atoms with E-state index in [2.05, 4.69) is 4.98 Å². The van der Waals surface area contributed by atoms with Crippen molar-refractivity contribution in [1.29, 1.82) is 0 Å². The van der Waals surface area contributed by atoms with Gasteiger partial charge in [-0.3, -0.25) is 4.79 Å². The van der Waals surface area contributed by atoms with Crippen molar-refractivity contribution in [2.75, 3.05) is 32.1 Å². The van der Waals surface area contributed by atoms with Crippen LogP contribution in [0, 0.1) is 0 Å². The van der Waals surface area contributed by atoms with Gasteiger partial charge in [-0.2, -0.15) is 0 Å². The zero-order valence-electron chi connectivity index (χ0n) is 11.9. The molecule has 8 nitrogen and oxygen atoms in total. The normalized spacial score (nSPS) is 22.8. The molecule has 2 rings (SSSR count). The molecule has 0 aromatic carbocycles. The minimum Gasteiger partial charge on any atom is -0.480 e. The van der Waals surface area contributed by atoms with Gasteiger partial charge in [0, 0.05) is 33.4 Å². The zero-order valence-corrected chi connectivity index (χ0v) is 12.7. The number of sulfonamides is 1. The fourth-order valence-electron chi connectivity index (χ4n) is 2.13. The summed E-state index contributed by atoms with van der Waals surface area (Å²) in [5.41, 5.74) is 4.52. The molecule has 0 spiro atoms. The minimum atomic E-state index is -3.52. The summed E-state index contributed by atoms with van der Waals surface area (Å²) >= 11 is 0. The lowest BCUT2D eigenvalue weighted by molar-refractivity contribution is -0.142. The van der Waals surface area contributed by atoms with Crippen molar-refractivity contribution in [3.8, 4) is 0 Å². The van der Waals surface area contributed by atoms with E-state index < -0.39 is 21.5 Å². The third-order valence-corrected chi connectivity index (χ3v) is 5.35. The van der Waals surface area contributed by atoms with Gasteiger partial charge in [0.1, 0.15) is 16.3 Å². The Morgan fingerprint density at radius 1 is 1.48 bits per heavy atom. The number of nitrogens with zero attached hydrogens (tertiary/aromatic N) is 3. The van der Waals surface area contributed by atoms with E-state index in [-0.39, 0.29) is 11.4 Å². The Bertz CT molecular complexity index is 644. The molecule has 0 radical (unpaired) electrons. The van der Waals surface area contributed by atoms with Crippen molar-refractivity contribution in [1.82, 2.24) is 9.29 Å². The lowest BCUT2D eigenvalue weighted by Crippen LogP contribution is -2.50. The number of aromatic nitrogens is 1. The molecule has 1 aromatic heterocycles. The Morgan fingerprint density at radius 2 is 2.14 bits per heavy atom. The zero-order chi connectivity index (χ0) is 15.8. The molecule has 2 heterocycles. The van der Waals surface area contributed by atoms with Gasteiger partial charge in [-0.05, 0) is 18.6 Å². The maximum Gasteiger partial charge on any atom is 0.325 e. The van der Waals surface area contributed by atoms with Crippen molar-refractivity contribution >= 4 is 21.8 Å². The summed E-state index contributed by atoms with van der Waals surface area (Å²) in [5, 5.41) is 9.09. The Kier molecular flexibility index (Phi) is 3.91. The van der Waals surface area contributed by atoms with Crippen LogP contribution in [0.5, 0.6) is 0 Å². The molecular formula is C12H18N4O4S. The molecule has 1 unspecified atom stereocenters. The van der Waals surface area contributed by atoms with E-state index in [1.165, 1.54) is 26.4 Å². The van der Waals surface area contributed by atoms with Crippen LogP contribution >= 0.6 is 0 Å². The van der Waals surface area contributed by atoms with Gasteiger partial charge in [0.25, 0.3) is 0 Å². The van der Waals surface area contributed by atoms with Gasteiger partial charge in [0.05, 0.1) is 0 Å². The fourth-order valence-corrected chi connectivity index (χ4v) is 2.97. The predicted molar refractivity (Wildman–Crippen MR) is 76.5 cm³/mol. The van der Waals surface area contributed by atoms with Gasteiger partial charge in [-0.15, -0.1) is 0 Å². The fraction of sp³-hybridized carbons (Fsp3) is 0.500. The van der Waals surface area contributed by atoms with Crippen LogP contribution in [-0.4, -0.2) is 61.5 Å². The van der Waals surface area contributed by atoms with E-state index in [4.69, 9.17) is 10.8 Å². The van der Waals surface area contributed by atoms with Crippen LogP contribution in [0.4, 0.5) is 5.82 Å². The van der Waals surface area contributed by atoms with Crippen LogP contribution in [0.15, 0.2) is 23.2 Å². The van der Waals surface area contributed by atoms with E-state index >= 15 is 0 Å². The molecule has 1 aliphatic heterocycles. The SMILES string of the molecule is CN(C)S(=O)(=O)c1ccc(N2CCC(N)(C(=O)O)C2)nc1. The van der Waals surface area contributed by atoms with E-state index in [1.54, 1.807) is 11.0 Å². The molecular weight excluding hydrogens is 296 g/mol. The number of anilines is 1. The summed E-state index contributed by atoms with van der Waals surface area (Å²) in [6.07, 6.45) is 1.59. The Hall–Kier alpha value is -1.71. The number of carboxylic acids is 1. The molecule has 9 heteroatoms. The molecule has 0 bridgehead atoms. The highest BCUT2D eigenvalue weighted by Crippen LogP contribution is 2.25. The number of aliphatic carboxylic acids is 1. The highest BCUT2D eigenvalue weighted by atomic mass is 32.2. The molecule has 21 heavy (non-hydrogen) atoms. The first-order valence-electron chi connectivity index (χ1n) is 6.33. The largest absolute Gasteiger partial charge is 0.480 e. The Balaban J connectivity index is 2.20. The molecule has 0 saturated carbocycles. The second-order valence-corrected chi connectivity index (χ2v) is 7.42. The van der Waals surface area contributed by atoms with E-state index in [0.717, 1.165) is 4.31 Å². The van der Waals surface area contributed by atoms with Gasteiger partial charge in [0.15, 0.2) is 0 Å². The first kappa shape index (κ1) is 15.7. The lowest BCUT2D eigenvalue weighted by atomic mass is 10.0. The van der Waals surface area contributed by atoms with Gasteiger partial charge < -0.3 is 15.7 Å². The summed E-state index contributed by atoms with van der Waals surface area (Å²) in [6, 6.07) is 3.01. The summed E-state index contributed by atoms with van der Waals surface area (Å²) in [5.74, 6) is -0.530. The van der Waals surface area contributed by atoms with E-state index in [1.807, 2.05) is 0 Å². The Labute approximate surface area is 123 Å². The van der Waals surface area contributed by atoms with Crippen LogP contribution in [0.1, 0.15) is 6.42 Å². The first-order valence-corrected chi connectivity index (χ1v) is 7.77. The summed E-state index contributed by atoms with van der Waals surface area (Å²) in [4.78, 5) is 17.0. The molecule has 1 atom stereocenters. The third kappa shape index (κ3) is 2.85. The van der Waals surface area contributed by atoms with Crippen molar-refractivity contribution in [2.45, 2.75) is 16.9 Å². The molecule has 1 fully saturated rings. The number of hydrogen-bond donors (Lipinski definition) is 2. The molecule has 1 saturated heterocycles. The average Bonchev–Trinajstić information content (AvgIpc) is 2.83. The highest BCUT2D eigenvalue weighted by Gasteiger charge is 2.41. The second kappa shape index (κ2) is 5.24. The van der Waals surface area contributed by atoms with Crippen LogP contribution in [0.2, 0.25) is 0 Å². The van der Waals surface area contributed by atoms with E-state index in [9.17, 15) is 13.2 Å². The maximum absolute atomic E-state index is 11.9. The van der Waals surface area contributed by atoms with Crippen molar-refractivity contribution < 1.29 is 18.3 Å². The van der Waals surface area contributed by atoms with Crippen LogP contribution < -0.4 is 10.6 Å². The lowest BCUT2D eigenvalue weighted by Gasteiger charge is -2.21. The molecule has 3 N–H and O–H groups in total. The molecule has 1 aliphatic rings. The van der Waals surface area contributed by atoms with Crippen LogP contribution in [0.3, 0.4) is 0 Å². The molecule has 0 aliphatic carbocycles. The molecule has 116 valence electrons. The number of nitrogens with two attached hydrogens (primary N) is 1. The maximum atomic E-state index is 11.9. The standard InChI is InChI=1S/C12H18N4O4S/c1-15(2)21(19,20)9-3-4-10(14-7-9)16-6-5-12(13,8-16)11(17)18/h3-4,7H,5-6,8,13H2,1-2H3,(H,17,18). The number of hydrogen-bond acceptors (Lipinski definition) is 6. The smallest absolute Gasteiger partial charge is 0.325 e. The van der Waals surface area contributed by atoms with Crippen molar-refractivity contribution in [2.24, 2.45) is 5.73 Å². The van der Waals surface area contributed by atoms with Gasteiger partial charge in [-0.25, -0.2) is 17.7 Å². The number of rotatable bonds is 4. The minimum absolute atomic E-state index is 0.0905. The molecule has 0 amide bonds. The van der Waals surface area contributed by atoms with Crippen LogP contribution in [0.25, 0.3) is 0 Å². The van der Waals surface area contributed by atoms with E-state index in [0.29, 0.717) is 18.8 Å². The quantitative estimate of drug-likeness (QED) is 0.756. The predicted octanol–water partition coefficient (Wildman–Crippen LogP) is -0.676. The average molecular weight is 314 g/mol. The van der Waals surface area contributed by atoms with Gasteiger partial charge >= 0.3 is 5.97 Å². The Morgan fingerprint density at radius 3 is 2.57 bits per heavy atom. The second-order valence-electron chi connectivity index (χ2n) is 5.27. The van der Waals surface area contributed by atoms with Crippen molar-refractivity contribution in [3.05, 3.63) is 18.3 Å². The topological polar surface area (TPSA) is 117 Å². The number of pyridine rings is 1. The van der Waals surface area contributed by atoms with Crippen LogP contribution in [-0.2, 0) is 14.8 Å². The monoisotopic (exact) mass is 314 g/mol. The summed E-state index contributed by atoms with van der Waals surface area (Å²) in [6.45, 7) is 0.616. The summed E-state index contributed by atoms with van der Waals surface area (Å²) in [7, 11) is -0.632. The third-order valence-electron chi connectivity index (χ3n) is 3.55.